The van der Waals surface area contributed by atoms with E-state index in [0.717, 1.165) is 62.9 Å². The Kier molecular flexibility index (Phi) is 5.81. The van der Waals surface area contributed by atoms with Crippen molar-refractivity contribution in [1.29, 1.82) is 0 Å². The molecule has 3 aliphatic rings. The van der Waals surface area contributed by atoms with Crippen LogP contribution in [-0.2, 0) is 17.8 Å². The van der Waals surface area contributed by atoms with Crippen LogP contribution in [0.15, 0.2) is 36.4 Å². The van der Waals surface area contributed by atoms with E-state index in [1.54, 1.807) is 6.07 Å². The molecule has 0 spiro atoms. The highest BCUT2D eigenvalue weighted by Gasteiger charge is 2.30. The van der Waals surface area contributed by atoms with E-state index in [2.05, 4.69) is 21.9 Å². The minimum atomic E-state index is -0.166. The molecule has 1 saturated heterocycles. The Morgan fingerprint density at radius 3 is 2.52 bits per heavy atom. The standard InChI is InChI=1S/C26H32FN3O/c1-19-5-8-24(25(27)15-19)21-6-7-22-17-28(10-9-20(22)16-21)18-26(31)30-13-11-29(12-14-30)23-3-2-4-23/h5-8,15-16,23H,2-4,9-14,17-18H2,1H3. The van der Waals surface area contributed by atoms with Crippen LogP contribution in [0.25, 0.3) is 11.1 Å². The molecule has 1 amide bonds. The number of carbonyl (C=O) groups excluding carboxylic acids is 1. The summed E-state index contributed by atoms with van der Waals surface area (Å²) in [5, 5.41) is 0. The van der Waals surface area contributed by atoms with Gasteiger partial charge in [-0.2, -0.15) is 0 Å². The summed E-state index contributed by atoms with van der Waals surface area (Å²) in [6, 6.07) is 12.4. The van der Waals surface area contributed by atoms with Crippen molar-refractivity contribution in [3.63, 3.8) is 0 Å². The summed E-state index contributed by atoms with van der Waals surface area (Å²) in [5.41, 5.74) is 5.06. The second-order valence-electron chi connectivity index (χ2n) is 9.43. The number of nitrogens with zero attached hydrogens (tertiary/aromatic N) is 3. The molecule has 0 unspecified atom stereocenters. The molecule has 1 saturated carbocycles. The molecule has 0 atom stereocenters. The van der Waals surface area contributed by atoms with Crippen LogP contribution < -0.4 is 0 Å². The maximum atomic E-state index is 14.4. The zero-order valence-electron chi connectivity index (χ0n) is 18.4. The molecular weight excluding hydrogens is 389 g/mol. The monoisotopic (exact) mass is 421 g/mol. The van der Waals surface area contributed by atoms with Gasteiger partial charge in [0.2, 0.25) is 5.91 Å². The lowest BCUT2D eigenvalue weighted by molar-refractivity contribution is -0.135. The van der Waals surface area contributed by atoms with Gasteiger partial charge in [0.15, 0.2) is 0 Å². The number of halogens is 1. The number of aryl methyl sites for hydroxylation is 1. The SMILES string of the molecule is Cc1ccc(-c2ccc3c(c2)CCN(CC(=O)N2CCN(C4CCC4)CC2)C3)c(F)c1. The molecule has 2 heterocycles. The largest absolute Gasteiger partial charge is 0.339 e. The minimum absolute atomic E-state index is 0.166. The topological polar surface area (TPSA) is 26.8 Å². The van der Waals surface area contributed by atoms with Crippen LogP contribution in [0.5, 0.6) is 0 Å². The van der Waals surface area contributed by atoms with Crippen LogP contribution in [0.2, 0.25) is 0 Å². The van der Waals surface area contributed by atoms with Gasteiger partial charge in [0.05, 0.1) is 6.54 Å². The first-order valence-electron chi connectivity index (χ1n) is 11.7. The quantitative estimate of drug-likeness (QED) is 0.750. The van der Waals surface area contributed by atoms with Crippen molar-refractivity contribution in [3.8, 4) is 11.1 Å². The Balaban J connectivity index is 1.18. The van der Waals surface area contributed by atoms with Gasteiger partial charge in [0, 0.05) is 50.9 Å². The van der Waals surface area contributed by atoms with Gasteiger partial charge in [-0.1, -0.05) is 36.8 Å². The summed E-state index contributed by atoms with van der Waals surface area (Å²) < 4.78 is 14.4. The van der Waals surface area contributed by atoms with Crippen molar-refractivity contribution in [3.05, 3.63) is 58.9 Å². The first-order chi connectivity index (χ1) is 15.1. The average molecular weight is 422 g/mol. The second-order valence-corrected chi connectivity index (χ2v) is 9.43. The fraction of sp³-hybridized carbons (Fsp3) is 0.500. The molecule has 4 nitrogen and oxygen atoms in total. The summed E-state index contributed by atoms with van der Waals surface area (Å²) in [5.74, 6) is 0.0930. The molecule has 1 aliphatic carbocycles. The molecule has 2 aromatic carbocycles. The molecule has 31 heavy (non-hydrogen) atoms. The fourth-order valence-electron chi connectivity index (χ4n) is 5.15. The van der Waals surface area contributed by atoms with Crippen LogP contribution >= 0.6 is 0 Å². The van der Waals surface area contributed by atoms with Crippen molar-refractivity contribution in [2.75, 3.05) is 39.3 Å². The zero-order valence-corrected chi connectivity index (χ0v) is 18.4. The van der Waals surface area contributed by atoms with E-state index < -0.39 is 0 Å². The van der Waals surface area contributed by atoms with Crippen molar-refractivity contribution >= 4 is 5.91 Å². The molecule has 2 fully saturated rings. The second kappa shape index (κ2) is 8.71. The van der Waals surface area contributed by atoms with Gasteiger partial charge in [0.1, 0.15) is 5.82 Å². The predicted octanol–water partition coefficient (Wildman–Crippen LogP) is 3.86. The van der Waals surface area contributed by atoms with Crippen LogP contribution in [0.1, 0.15) is 36.0 Å². The third-order valence-corrected chi connectivity index (χ3v) is 7.35. The minimum Gasteiger partial charge on any atom is -0.339 e. The Labute approximate surface area is 184 Å². The summed E-state index contributed by atoms with van der Waals surface area (Å²) in [6.45, 7) is 7.85. The Morgan fingerprint density at radius 2 is 1.81 bits per heavy atom. The van der Waals surface area contributed by atoms with E-state index in [4.69, 9.17) is 0 Å². The van der Waals surface area contributed by atoms with Crippen molar-refractivity contribution in [1.82, 2.24) is 14.7 Å². The van der Waals surface area contributed by atoms with Gasteiger partial charge < -0.3 is 4.90 Å². The van der Waals surface area contributed by atoms with Gasteiger partial charge in [0.25, 0.3) is 0 Å². The molecule has 0 aromatic heterocycles. The summed E-state index contributed by atoms with van der Waals surface area (Å²) >= 11 is 0. The molecule has 164 valence electrons. The number of hydrogen-bond acceptors (Lipinski definition) is 3. The number of hydrogen-bond donors (Lipinski definition) is 0. The molecule has 5 heteroatoms. The van der Waals surface area contributed by atoms with Crippen molar-refractivity contribution in [2.45, 2.75) is 45.2 Å². The number of carbonyl (C=O) groups is 1. The molecule has 0 bridgehead atoms. The third-order valence-electron chi connectivity index (χ3n) is 7.35. The number of rotatable bonds is 4. The Hall–Kier alpha value is -2.24. The maximum Gasteiger partial charge on any atom is 0.236 e. The number of amides is 1. The Bertz CT molecular complexity index is 963. The van der Waals surface area contributed by atoms with Crippen LogP contribution in [0.4, 0.5) is 4.39 Å². The third kappa shape index (κ3) is 4.39. The highest BCUT2D eigenvalue weighted by atomic mass is 19.1. The predicted molar refractivity (Wildman–Crippen MR) is 121 cm³/mol. The van der Waals surface area contributed by atoms with E-state index in [9.17, 15) is 9.18 Å². The van der Waals surface area contributed by atoms with E-state index in [1.807, 2.05) is 30.0 Å². The van der Waals surface area contributed by atoms with Crippen LogP contribution in [-0.4, -0.2) is 65.9 Å². The highest BCUT2D eigenvalue weighted by Crippen LogP contribution is 2.29. The van der Waals surface area contributed by atoms with Gasteiger partial charge in [-0.25, -0.2) is 4.39 Å². The normalized spacial score (nSPS) is 20.4. The van der Waals surface area contributed by atoms with Crippen LogP contribution in [0.3, 0.4) is 0 Å². The summed E-state index contributed by atoms with van der Waals surface area (Å²) in [7, 11) is 0. The van der Waals surface area contributed by atoms with Gasteiger partial charge in [-0.05, 0) is 54.5 Å². The number of piperazine rings is 1. The van der Waals surface area contributed by atoms with Crippen LogP contribution in [0, 0.1) is 12.7 Å². The lowest BCUT2D eigenvalue weighted by Gasteiger charge is -2.43. The summed E-state index contributed by atoms with van der Waals surface area (Å²) in [4.78, 5) is 19.7. The molecule has 2 aliphatic heterocycles. The average Bonchev–Trinajstić information content (AvgIpc) is 2.73. The van der Waals surface area contributed by atoms with E-state index in [0.29, 0.717) is 12.1 Å². The lowest BCUT2D eigenvalue weighted by atomic mass is 9.91. The lowest BCUT2D eigenvalue weighted by Crippen LogP contribution is -2.55. The number of benzene rings is 2. The summed E-state index contributed by atoms with van der Waals surface area (Å²) in [6.07, 6.45) is 4.93. The van der Waals surface area contributed by atoms with Gasteiger partial charge >= 0.3 is 0 Å². The Morgan fingerprint density at radius 1 is 1.00 bits per heavy atom. The van der Waals surface area contributed by atoms with Gasteiger partial charge in [-0.3, -0.25) is 14.6 Å². The fourth-order valence-corrected chi connectivity index (χ4v) is 5.15. The first kappa shape index (κ1) is 20.7. The molecule has 0 radical (unpaired) electrons. The highest BCUT2D eigenvalue weighted by molar-refractivity contribution is 5.78. The van der Waals surface area contributed by atoms with Crippen molar-refractivity contribution < 1.29 is 9.18 Å². The zero-order chi connectivity index (χ0) is 21.4. The van der Waals surface area contributed by atoms with Gasteiger partial charge in [-0.15, -0.1) is 0 Å². The maximum absolute atomic E-state index is 14.4. The van der Waals surface area contributed by atoms with E-state index in [-0.39, 0.29) is 11.7 Å². The van der Waals surface area contributed by atoms with E-state index in [1.165, 1.54) is 30.4 Å². The molecule has 0 N–H and O–H groups in total. The number of fused-ring (bicyclic) bond motifs is 1. The molecular formula is C26H32FN3O. The first-order valence-corrected chi connectivity index (χ1v) is 11.7. The smallest absolute Gasteiger partial charge is 0.236 e. The van der Waals surface area contributed by atoms with Crippen molar-refractivity contribution in [2.24, 2.45) is 0 Å². The molecule has 5 rings (SSSR count). The van der Waals surface area contributed by atoms with E-state index >= 15 is 0 Å². The molecule has 2 aromatic rings.